The van der Waals surface area contributed by atoms with E-state index in [1.165, 1.54) is 33.4 Å². The fourth-order valence-electron chi connectivity index (χ4n) is 3.51. The number of carbonyl (C=O) groups is 3. The molecule has 0 amide bonds. The highest BCUT2D eigenvalue weighted by Crippen LogP contribution is 2.13. The third-order valence-corrected chi connectivity index (χ3v) is 6.56. The van der Waals surface area contributed by atoms with Gasteiger partial charge in [0.15, 0.2) is 56.8 Å². The van der Waals surface area contributed by atoms with Crippen molar-refractivity contribution < 1.29 is 48.5 Å². The van der Waals surface area contributed by atoms with Gasteiger partial charge >= 0.3 is 0 Å². The van der Waals surface area contributed by atoms with Gasteiger partial charge in [0.2, 0.25) is 0 Å². The SMILES string of the molecule is CC(C)=CC[n+]1ccc(C)cc1.CC(C)=CC[n+]1ccc(C)cc1.CC(C)=CC[n+]1ccc(C)cc1.O=C([O-])CC(O)(CC(=O)[O-])C(=O)[O-]. The minimum absolute atomic E-state index is 0.975. The van der Waals surface area contributed by atoms with Gasteiger partial charge in [0, 0.05) is 61.2 Å². The van der Waals surface area contributed by atoms with E-state index < -0.39 is 36.4 Å². The normalized spacial score (nSPS) is 9.92. The zero-order chi connectivity index (χ0) is 37.6. The average molecular weight is 676 g/mol. The number of hydrogen-bond acceptors (Lipinski definition) is 7. The molecule has 0 aliphatic carbocycles. The summed E-state index contributed by atoms with van der Waals surface area (Å²) >= 11 is 0. The number of carboxylic acid groups (broad SMARTS) is 3. The molecule has 266 valence electrons. The van der Waals surface area contributed by atoms with Crippen LogP contribution in [0, 0.1) is 20.8 Å². The van der Waals surface area contributed by atoms with Crippen LogP contribution in [0.4, 0.5) is 0 Å². The third kappa shape index (κ3) is 23.1. The summed E-state index contributed by atoms with van der Waals surface area (Å²) in [5, 5.41) is 38.9. The van der Waals surface area contributed by atoms with Crippen LogP contribution in [0.15, 0.2) is 109 Å². The Kier molecular flexibility index (Phi) is 21.0. The maximum absolute atomic E-state index is 10.1. The molecule has 10 heteroatoms. The number of aryl methyl sites for hydroxylation is 3. The molecule has 1 N–H and O–H groups in total. The van der Waals surface area contributed by atoms with Gasteiger partial charge in [-0.15, -0.1) is 0 Å². The maximum Gasteiger partial charge on any atom is 0.169 e. The van der Waals surface area contributed by atoms with Gasteiger partial charge in [0.1, 0.15) is 5.60 Å². The number of aliphatic carboxylic acids is 3. The molecule has 3 rings (SSSR count). The maximum atomic E-state index is 10.1. The second-order valence-corrected chi connectivity index (χ2v) is 12.5. The lowest BCUT2D eigenvalue weighted by atomic mass is 9.96. The zero-order valence-electron chi connectivity index (χ0n) is 30.4. The molecule has 0 aliphatic heterocycles. The van der Waals surface area contributed by atoms with E-state index >= 15 is 0 Å². The molecular formula is C39H53N3O7. The molecule has 3 aromatic heterocycles. The summed E-state index contributed by atoms with van der Waals surface area (Å²) in [5.41, 5.74) is 5.04. The summed E-state index contributed by atoms with van der Waals surface area (Å²) in [6, 6.07) is 12.7. The molecule has 0 spiro atoms. The van der Waals surface area contributed by atoms with Gasteiger partial charge in [0.05, 0.1) is 5.97 Å². The molecule has 0 atom stereocenters. The fourth-order valence-corrected chi connectivity index (χ4v) is 3.51. The van der Waals surface area contributed by atoms with Crippen LogP contribution in [0.3, 0.4) is 0 Å². The molecule has 10 nitrogen and oxygen atoms in total. The molecule has 0 radical (unpaired) electrons. The van der Waals surface area contributed by atoms with Gasteiger partial charge in [-0.2, -0.15) is 0 Å². The second-order valence-electron chi connectivity index (χ2n) is 12.5. The predicted molar refractivity (Wildman–Crippen MR) is 182 cm³/mol. The zero-order valence-corrected chi connectivity index (χ0v) is 30.4. The van der Waals surface area contributed by atoms with Crippen LogP contribution >= 0.6 is 0 Å². The Hall–Kier alpha value is -4.96. The fraction of sp³-hybridized carbons (Fsp3) is 0.385. The van der Waals surface area contributed by atoms with Gasteiger partial charge in [0.25, 0.3) is 0 Å². The first-order chi connectivity index (χ1) is 22.8. The van der Waals surface area contributed by atoms with Crippen LogP contribution in [-0.2, 0) is 34.0 Å². The molecular weight excluding hydrogens is 622 g/mol. The number of nitrogens with zero attached hydrogens (tertiary/aromatic N) is 3. The van der Waals surface area contributed by atoms with Gasteiger partial charge in [-0.25, -0.2) is 13.7 Å². The van der Waals surface area contributed by atoms with Crippen molar-refractivity contribution in [1.29, 1.82) is 0 Å². The monoisotopic (exact) mass is 675 g/mol. The number of pyridine rings is 3. The molecule has 0 saturated heterocycles. The van der Waals surface area contributed by atoms with Crippen LogP contribution in [0.2, 0.25) is 0 Å². The molecule has 49 heavy (non-hydrogen) atoms. The van der Waals surface area contributed by atoms with Crippen molar-refractivity contribution >= 4 is 17.9 Å². The van der Waals surface area contributed by atoms with E-state index in [9.17, 15) is 29.7 Å². The van der Waals surface area contributed by atoms with Crippen molar-refractivity contribution in [3.63, 3.8) is 0 Å². The quantitative estimate of drug-likeness (QED) is 0.239. The smallest absolute Gasteiger partial charge is 0.169 e. The van der Waals surface area contributed by atoms with Crippen molar-refractivity contribution in [3.8, 4) is 0 Å². The number of carboxylic acids is 3. The van der Waals surface area contributed by atoms with E-state index in [4.69, 9.17) is 5.11 Å². The van der Waals surface area contributed by atoms with Gasteiger partial charge in [-0.1, -0.05) is 16.7 Å². The summed E-state index contributed by atoms with van der Waals surface area (Å²) < 4.78 is 6.50. The summed E-state index contributed by atoms with van der Waals surface area (Å²) in [7, 11) is 0. The predicted octanol–water partition coefficient (Wildman–Crippen LogP) is 1.49. The Morgan fingerprint density at radius 2 is 0.776 bits per heavy atom. The van der Waals surface area contributed by atoms with Crippen molar-refractivity contribution in [2.45, 2.75) is 100 Å². The lowest BCUT2D eigenvalue weighted by molar-refractivity contribution is -0.687. The Morgan fingerprint density at radius 1 is 0.551 bits per heavy atom. The van der Waals surface area contributed by atoms with Crippen LogP contribution in [0.1, 0.15) is 71.1 Å². The van der Waals surface area contributed by atoms with Crippen molar-refractivity contribution in [3.05, 3.63) is 125 Å². The largest absolute Gasteiger partial charge is 0.550 e. The van der Waals surface area contributed by atoms with Crippen molar-refractivity contribution in [1.82, 2.24) is 0 Å². The lowest BCUT2D eigenvalue weighted by Crippen LogP contribution is -2.54. The topological polar surface area (TPSA) is 152 Å². The van der Waals surface area contributed by atoms with Gasteiger partial charge in [-0.05, 0) is 97.2 Å². The summed E-state index contributed by atoms with van der Waals surface area (Å²) in [5.74, 6) is -5.98. The number of hydrogen-bond donors (Lipinski definition) is 1. The first kappa shape index (κ1) is 44.0. The standard InChI is InChI=1S/3C11H16N.C6H8O7/c3*1-10(2)4-7-12-8-5-11(3)6-9-12;7-3(8)1-6(13,5(11)12)2-4(9)10/h3*4-6,8-9H,7H2,1-3H3;13H,1-2H2,(H,7,8)(H,9,10)(H,11,12)/q3*+1;/p-3. The molecule has 0 fully saturated rings. The molecule has 3 heterocycles. The summed E-state index contributed by atoms with van der Waals surface area (Å²) in [6.45, 7) is 22.0. The number of allylic oxidation sites excluding steroid dienone is 6. The van der Waals surface area contributed by atoms with E-state index in [-0.39, 0.29) is 0 Å². The van der Waals surface area contributed by atoms with E-state index in [0.717, 1.165) is 19.6 Å². The molecule has 0 saturated carbocycles. The highest BCUT2D eigenvalue weighted by Gasteiger charge is 2.29. The third-order valence-electron chi connectivity index (χ3n) is 6.56. The van der Waals surface area contributed by atoms with Crippen LogP contribution in [-0.4, -0.2) is 28.6 Å². The summed E-state index contributed by atoms with van der Waals surface area (Å²) in [6.07, 6.45) is 16.6. The average Bonchev–Trinajstić information content (AvgIpc) is 3.00. The van der Waals surface area contributed by atoms with Crippen LogP contribution < -0.4 is 29.0 Å². The van der Waals surface area contributed by atoms with E-state index in [0.29, 0.717) is 0 Å². The molecule has 0 aromatic carbocycles. The number of aliphatic hydroxyl groups is 1. The lowest BCUT2D eigenvalue weighted by Gasteiger charge is -2.29. The Bertz CT molecular complexity index is 1370. The molecule has 0 aliphatic rings. The van der Waals surface area contributed by atoms with Gasteiger partial charge < -0.3 is 34.8 Å². The van der Waals surface area contributed by atoms with Crippen LogP contribution in [0.5, 0.6) is 0 Å². The first-order valence-electron chi connectivity index (χ1n) is 15.9. The number of carbonyl (C=O) groups excluding carboxylic acids is 3. The Balaban J connectivity index is 0.000000627. The highest BCUT2D eigenvalue weighted by atomic mass is 16.4. The van der Waals surface area contributed by atoms with Gasteiger partial charge in [-0.3, -0.25) is 0 Å². The minimum Gasteiger partial charge on any atom is -0.550 e. The Morgan fingerprint density at radius 3 is 0.939 bits per heavy atom. The van der Waals surface area contributed by atoms with E-state index in [1.54, 1.807) is 0 Å². The number of aromatic nitrogens is 3. The summed E-state index contributed by atoms with van der Waals surface area (Å²) in [4.78, 5) is 30.0. The first-order valence-corrected chi connectivity index (χ1v) is 15.9. The van der Waals surface area contributed by atoms with E-state index in [2.05, 4.69) is 168 Å². The highest BCUT2D eigenvalue weighted by molar-refractivity contribution is 5.86. The minimum atomic E-state index is -2.97. The van der Waals surface area contributed by atoms with Crippen molar-refractivity contribution in [2.75, 3.05) is 0 Å². The number of rotatable bonds is 11. The van der Waals surface area contributed by atoms with Crippen LogP contribution in [0.25, 0.3) is 0 Å². The Labute approximate surface area is 291 Å². The molecule has 0 bridgehead atoms. The van der Waals surface area contributed by atoms with Crippen molar-refractivity contribution in [2.24, 2.45) is 0 Å². The molecule has 3 aromatic rings. The second kappa shape index (κ2) is 23.4. The molecule has 0 unspecified atom stereocenters. The van der Waals surface area contributed by atoms with E-state index in [1.807, 2.05) is 0 Å².